The second kappa shape index (κ2) is 3.48. The zero-order valence-corrected chi connectivity index (χ0v) is 7.27. The summed E-state index contributed by atoms with van der Waals surface area (Å²) in [6.07, 6.45) is 5.37. The van der Waals surface area contributed by atoms with Crippen molar-refractivity contribution in [2.75, 3.05) is 0 Å². The van der Waals surface area contributed by atoms with Crippen molar-refractivity contribution < 1.29 is 0 Å². The van der Waals surface area contributed by atoms with E-state index in [1.165, 1.54) is 12.8 Å². The Morgan fingerprint density at radius 3 is 3.08 bits per heavy atom. The van der Waals surface area contributed by atoms with E-state index in [1.54, 1.807) is 6.20 Å². The highest BCUT2D eigenvalue weighted by molar-refractivity contribution is 5.03. The molecule has 1 saturated carbocycles. The number of nitriles is 1. The highest BCUT2D eigenvalue weighted by atomic mass is 15.1. The van der Waals surface area contributed by atoms with Gasteiger partial charge >= 0.3 is 0 Å². The summed E-state index contributed by atoms with van der Waals surface area (Å²) in [4.78, 5) is 4.25. The molecule has 66 valence electrons. The fourth-order valence-electron chi connectivity index (χ4n) is 1.21. The normalized spacial score (nSPS) is 15.3. The lowest BCUT2D eigenvalue weighted by Gasteiger charge is -1.97. The van der Waals surface area contributed by atoms with Gasteiger partial charge < -0.3 is 0 Å². The topological polar surface area (TPSA) is 62.5 Å². The van der Waals surface area contributed by atoms with Crippen LogP contribution in [0.15, 0.2) is 6.20 Å². The van der Waals surface area contributed by atoms with E-state index in [-0.39, 0.29) is 0 Å². The van der Waals surface area contributed by atoms with Crippen LogP contribution in [0.5, 0.6) is 0 Å². The summed E-state index contributed by atoms with van der Waals surface area (Å²) in [5.74, 6) is 1.55. The van der Waals surface area contributed by atoms with Crippen LogP contribution in [0.4, 0.5) is 0 Å². The molecule has 13 heavy (non-hydrogen) atoms. The molecule has 4 nitrogen and oxygen atoms in total. The van der Waals surface area contributed by atoms with Crippen molar-refractivity contribution in [3.8, 4) is 6.07 Å². The number of rotatable bonds is 3. The van der Waals surface area contributed by atoms with Crippen LogP contribution in [0.2, 0.25) is 0 Å². The van der Waals surface area contributed by atoms with Gasteiger partial charge in [-0.25, -0.2) is 4.98 Å². The molecule has 0 saturated heterocycles. The molecule has 1 aliphatic rings. The van der Waals surface area contributed by atoms with Crippen LogP contribution in [-0.2, 0) is 12.8 Å². The highest BCUT2D eigenvalue weighted by Crippen LogP contribution is 2.31. The number of hydrogen-bond donors (Lipinski definition) is 0. The fourth-order valence-corrected chi connectivity index (χ4v) is 1.21. The van der Waals surface area contributed by atoms with E-state index in [1.807, 2.05) is 6.07 Å². The maximum absolute atomic E-state index is 8.47. The van der Waals surface area contributed by atoms with Gasteiger partial charge in [0.05, 0.1) is 24.4 Å². The van der Waals surface area contributed by atoms with Gasteiger partial charge in [0, 0.05) is 6.42 Å². The Balaban J connectivity index is 2.07. The number of nitrogens with zero attached hydrogens (tertiary/aromatic N) is 4. The minimum atomic E-state index is 0.327. The lowest BCUT2D eigenvalue weighted by molar-refractivity contribution is 0.727. The molecule has 1 fully saturated rings. The highest BCUT2D eigenvalue weighted by Gasteiger charge is 2.22. The van der Waals surface area contributed by atoms with E-state index in [4.69, 9.17) is 5.26 Å². The standard InChI is InChI=1S/C9H10N4/c10-4-3-8-6-11-13-9(12-8)5-7-1-2-7/h6-7H,1-3,5H2. The Hall–Kier alpha value is -1.50. The Labute approximate surface area is 76.6 Å². The van der Waals surface area contributed by atoms with Crippen LogP contribution >= 0.6 is 0 Å². The minimum absolute atomic E-state index is 0.327. The molecule has 0 aliphatic heterocycles. The Morgan fingerprint density at radius 1 is 1.54 bits per heavy atom. The van der Waals surface area contributed by atoms with Crippen molar-refractivity contribution >= 4 is 0 Å². The van der Waals surface area contributed by atoms with Crippen molar-refractivity contribution in [1.29, 1.82) is 5.26 Å². The average molecular weight is 174 g/mol. The van der Waals surface area contributed by atoms with Crippen LogP contribution in [-0.4, -0.2) is 15.2 Å². The van der Waals surface area contributed by atoms with E-state index in [0.717, 1.165) is 23.9 Å². The smallest absolute Gasteiger partial charge is 0.151 e. The third-order valence-corrected chi connectivity index (χ3v) is 2.08. The summed E-state index contributed by atoms with van der Waals surface area (Å²) in [6.45, 7) is 0. The second-order valence-electron chi connectivity index (χ2n) is 3.35. The van der Waals surface area contributed by atoms with Gasteiger partial charge in [-0.2, -0.15) is 10.4 Å². The lowest BCUT2D eigenvalue weighted by Crippen LogP contribution is -2.02. The summed E-state index contributed by atoms with van der Waals surface area (Å²) in [7, 11) is 0. The maximum Gasteiger partial charge on any atom is 0.151 e. The first-order valence-corrected chi connectivity index (χ1v) is 4.43. The van der Waals surface area contributed by atoms with Crippen LogP contribution in [0, 0.1) is 17.2 Å². The Kier molecular flexibility index (Phi) is 2.17. The van der Waals surface area contributed by atoms with Gasteiger partial charge in [-0.1, -0.05) is 0 Å². The van der Waals surface area contributed by atoms with Crippen molar-refractivity contribution in [2.24, 2.45) is 5.92 Å². The Morgan fingerprint density at radius 2 is 2.38 bits per heavy atom. The molecule has 1 aromatic rings. The van der Waals surface area contributed by atoms with E-state index in [0.29, 0.717) is 6.42 Å². The predicted octanol–water partition coefficient (Wildman–Crippen LogP) is 0.890. The van der Waals surface area contributed by atoms with Crippen molar-refractivity contribution in [3.63, 3.8) is 0 Å². The number of aromatic nitrogens is 3. The van der Waals surface area contributed by atoms with E-state index < -0.39 is 0 Å². The molecule has 1 aliphatic carbocycles. The summed E-state index contributed by atoms with van der Waals surface area (Å²) in [5, 5.41) is 16.2. The van der Waals surface area contributed by atoms with Crippen LogP contribution in [0.25, 0.3) is 0 Å². The van der Waals surface area contributed by atoms with Gasteiger partial charge in [-0.15, -0.1) is 5.10 Å². The van der Waals surface area contributed by atoms with E-state index in [9.17, 15) is 0 Å². The van der Waals surface area contributed by atoms with E-state index in [2.05, 4.69) is 15.2 Å². The van der Waals surface area contributed by atoms with Crippen LogP contribution in [0.1, 0.15) is 24.4 Å². The van der Waals surface area contributed by atoms with Gasteiger partial charge in [-0.3, -0.25) is 0 Å². The first-order valence-electron chi connectivity index (χ1n) is 4.43. The second-order valence-corrected chi connectivity index (χ2v) is 3.35. The molecule has 0 atom stereocenters. The molecular weight excluding hydrogens is 164 g/mol. The average Bonchev–Trinajstić information content (AvgIpc) is 2.90. The Bertz CT molecular complexity index is 338. The van der Waals surface area contributed by atoms with Crippen LogP contribution < -0.4 is 0 Å². The number of hydrogen-bond acceptors (Lipinski definition) is 4. The molecule has 2 rings (SSSR count). The molecular formula is C9H10N4. The largest absolute Gasteiger partial charge is 0.233 e. The summed E-state index contributed by atoms with van der Waals surface area (Å²) in [5.41, 5.74) is 0.730. The summed E-state index contributed by atoms with van der Waals surface area (Å²) >= 11 is 0. The van der Waals surface area contributed by atoms with Gasteiger partial charge in [-0.05, 0) is 18.8 Å². The molecule has 0 spiro atoms. The monoisotopic (exact) mass is 174 g/mol. The minimum Gasteiger partial charge on any atom is -0.233 e. The molecule has 1 aromatic heterocycles. The van der Waals surface area contributed by atoms with Crippen LogP contribution in [0.3, 0.4) is 0 Å². The van der Waals surface area contributed by atoms with Crippen molar-refractivity contribution in [1.82, 2.24) is 15.2 Å². The van der Waals surface area contributed by atoms with E-state index >= 15 is 0 Å². The summed E-state index contributed by atoms with van der Waals surface area (Å²) in [6, 6.07) is 2.05. The SMILES string of the molecule is N#CCc1cnnc(CC2CC2)n1. The molecule has 4 heteroatoms. The van der Waals surface area contributed by atoms with Crippen molar-refractivity contribution in [2.45, 2.75) is 25.7 Å². The third kappa shape index (κ3) is 2.22. The predicted molar refractivity (Wildman–Crippen MR) is 45.6 cm³/mol. The zero-order valence-electron chi connectivity index (χ0n) is 7.27. The molecule has 0 bridgehead atoms. The molecule has 0 aromatic carbocycles. The molecule has 0 amide bonds. The fraction of sp³-hybridized carbons (Fsp3) is 0.556. The van der Waals surface area contributed by atoms with Gasteiger partial charge in [0.25, 0.3) is 0 Å². The molecule has 0 radical (unpaired) electrons. The third-order valence-electron chi connectivity index (χ3n) is 2.08. The van der Waals surface area contributed by atoms with Gasteiger partial charge in [0.1, 0.15) is 0 Å². The lowest BCUT2D eigenvalue weighted by atomic mass is 10.3. The molecule has 0 unspecified atom stereocenters. The van der Waals surface area contributed by atoms with Gasteiger partial charge in [0.2, 0.25) is 0 Å². The quantitative estimate of drug-likeness (QED) is 0.682. The first-order chi connectivity index (χ1) is 6.38. The zero-order chi connectivity index (χ0) is 9.10. The summed E-state index contributed by atoms with van der Waals surface area (Å²) < 4.78 is 0. The molecule has 1 heterocycles. The first kappa shape index (κ1) is 8.11. The molecule has 0 N–H and O–H groups in total. The van der Waals surface area contributed by atoms with Crippen molar-refractivity contribution in [3.05, 3.63) is 17.7 Å². The van der Waals surface area contributed by atoms with Gasteiger partial charge in [0.15, 0.2) is 5.82 Å². The maximum atomic E-state index is 8.47.